The van der Waals surface area contributed by atoms with Crippen molar-refractivity contribution in [1.29, 1.82) is 0 Å². The van der Waals surface area contributed by atoms with Crippen molar-refractivity contribution in [2.45, 2.75) is 37.7 Å². The van der Waals surface area contributed by atoms with Gasteiger partial charge in [0.05, 0.1) is 6.61 Å². The highest BCUT2D eigenvalue weighted by atomic mass is 16.5. The summed E-state index contributed by atoms with van der Waals surface area (Å²) < 4.78 is 6.26. The quantitative estimate of drug-likeness (QED) is 0.902. The van der Waals surface area contributed by atoms with E-state index in [1.807, 2.05) is 24.3 Å². The van der Waals surface area contributed by atoms with E-state index in [1.165, 1.54) is 11.8 Å². The van der Waals surface area contributed by atoms with Crippen LogP contribution in [0.5, 0.6) is 5.75 Å². The number of fused-ring (bicyclic) bond motifs is 1. The molecule has 0 atom stereocenters. The number of hydrogen-bond donors (Lipinski definition) is 1. The van der Waals surface area contributed by atoms with Crippen molar-refractivity contribution in [1.82, 2.24) is 0 Å². The van der Waals surface area contributed by atoms with Crippen molar-refractivity contribution in [2.75, 3.05) is 6.61 Å². The molecule has 0 amide bonds. The Hall–Kier alpha value is -1.54. The standard InChI is InChI=1S/C17H20O2/c18-13-17(11-4-1-5-12-17)19-16-10-6-8-14-7-2-3-9-15(14)16/h2-3,6-10,18H,1,4-5,11-13H2. The molecule has 2 heteroatoms. The van der Waals surface area contributed by atoms with Gasteiger partial charge in [-0.25, -0.2) is 0 Å². The molecule has 19 heavy (non-hydrogen) atoms. The largest absolute Gasteiger partial charge is 0.484 e. The first-order chi connectivity index (χ1) is 9.33. The molecule has 0 saturated heterocycles. The summed E-state index contributed by atoms with van der Waals surface area (Å²) in [5.41, 5.74) is -0.373. The Kier molecular flexibility index (Phi) is 3.43. The number of aliphatic hydroxyl groups is 1. The van der Waals surface area contributed by atoms with Gasteiger partial charge in [0.25, 0.3) is 0 Å². The molecule has 1 N–H and O–H groups in total. The van der Waals surface area contributed by atoms with Crippen LogP contribution in [0.25, 0.3) is 10.8 Å². The van der Waals surface area contributed by atoms with Crippen LogP contribution in [0.1, 0.15) is 32.1 Å². The van der Waals surface area contributed by atoms with Crippen LogP contribution in [0.15, 0.2) is 42.5 Å². The molecule has 0 unspecified atom stereocenters. The van der Waals surface area contributed by atoms with Crippen LogP contribution < -0.4 is 4.74 Å². The molecule has 0 bridgehead atoms. The fourth-order valence-electron chi connectivity index (χ4n) is 3.01. The van der Waals surface area contributed by atoms with Gasteiger partial charge in [0.15, 0.2) is 0 Å². The Morgan fingerprint density at radius 3 is 2.47 bits per heavy atom. The third kappa shape index (κ3) is 2.45. The van der Waals surface area contributed by atoms with E-state index >= 15 is 0 Å². The first kappa shape index (κ1) is 12.5. The molecule has 0 spiro atoms. The maximum Gasteiger partial charge on any atom is 0.132 e. The van der Waals surface area contributed by atoms with Gasteiger partial charge in [-0.1, -0.05) is 42.8 Å². The SMILES string of the molecule is OCC1(Oc2cccc3ccccc23)CCCCC1. The fraction of sp³-hybridized carbons (Fsp3) is 0.412. The molecule has 1 saturated carbocycles. The highest BCUT2D eigenvalue weighted by Crippen LogP contribution is 2.35. The highest BCUT2D eigenvalue weighted by molar-refractivity contribution is 5.88. The second-order valence-corrected chi connectivity index (χ2v) is 5.48. The van der Waals surface area contributed by atoms with Gasteiger partial charge < -0.3 is 9.84 Å². The molecular formula is C17H20O2. The molecule has 1 aliphatic carbocycles. The fourth-order valence-corrected chi connectivity index (χ4v) is 3.01. The maximum atomic E-state index is 9.75. The molecule has 1 fully saturated rings. The number of rotatable bonds is 3. The van der Waals surface area contributed by atoms with Crippen LogP contribution in [-0.2, 0) is 0 Å². The normalized spacial score (nSPS) is 18.4. The van der Waals surface area contributed by atoms with E-state index in [2.05, 4.69) is 18.2 Å². The lowest BCUT2D eigenvalue weighted by atomic mass is 9.85. The molecule has 2 aromatic carbocycles. The molecule has 100 valence electrons. The van der Waals surface area contributed by atoms with Gasteiger partial charge in [-0.3, -0.25) is 0 Å². The van der Waals surface area contributed by atoms with Crippen LogP contribution in [0, 0.1) is 0 Å². The third-order valence-corrected chi connectivity index (χ3v) is 4.13. The number of hydrogen-bond acceptors (Lipinski definition) is 2. The lowest BCUT2D eigenvalue weighted by Gasteiger charge is -2.36. The predicted molar refractivity (Wildman–Crippen MR) is 77.5 cm³/mol. The Morgan fingerprint density at radius 2 is 1.68 bits per heavy atom. The van der Waals surface area contributed by atoms with Gasteiger partial charge in [-0.2, -0.15) is 0 Å². The second kappa shape index (κ2) is 5.22. The lowest BCUT2D eigenvalue weighted by Crippen LogP contribution is -2.42. The van der Waals surface area contributed by atoms with Crippen LogP contribution in [0.3, 0.4) is 0 Å². The summed E-state index contributed by atoms with van der Waals surface area (Å²) >= 11 is 0. The summed E-state index contributed by atoms with van der Waals surface area (Å²) in [7, 11) is 0. The van der Waals surface area contributed by atoms with Crippen molar-refractivity contribution >= 4 is 10.8 Å². The van der Waals surface area contributed by atoms with E-state index in [4.69, 9.17) is 4.74 Å². The molecule has 2 aromatic rings. The maximum absolute atomic E-state index is 9.75. The van der Waals surface area contributed by atoms with Gasteiger partial charge in [0.2, 0.25) is 0 Å². The average Bonchev–Trinajstić information content (AvgIpc) is 2.49. The summed E-state index contributed by atoms with van der Waals surface area (Å²) in [6.45, 7) is 0.107. The van der Waals surface area contributed by atoms with E-state index in [9.17, 15) is 5.11 Å². The average molecular weight is 256 g/mol. The molecule has 0 heterocycles. The highest BCUT2D eigenvalue weighted by Gasteiger charge is 2.33. The monoisotopic (exact) mass is 256 g/mol. The van der Waals surface area contributed by atoms with E-state index in [0.29, 0.717) is 0 Å². The van der Waals surface area contributed by atoms with Crippen molar-refractivity contribution in [2.24, 2.45) is 0 Å². The minimum absolute atomic E-state index is 0.107. The Labute approximate surface area is 114 Å². The zero-order valence-corrected chi connectivity index (χ0v) is 11.1. The molecule has 1 aliphatic rings. The van der Waals surface area contributed by atoms with Gasteiger partial charge in [0, 0.05) is 5.39 Å². The first-order valence-electron chi connectivity index (χ1n) is 7.11. The molecule has 0 aliphatic heterocycles. The number of aliphatic hydroxyl groups excluding tert-OH is 1. The Balaban J connectivity index is 1.96. The zero-order valence-electron chi connectivity index (χ0n) is 11.1. The van der Waals surface area contributed by atoms with Gasteiger partial charge in [0.1, 0.15) is 11.4 Å². The predicted octanol–water partition coefficient (Wildman–Crippen LogP) is 3.91. The third-order valence-electron chi connectivity index (χ3n) is 4.13. The van der Waals surface area contributed by atoms with E-state index in [1.54, 1.807) is 0 Å². The molecule has 0 radical (unpaired) electrons. The topological polar surface area (TPSA) is 29.5 Å². The summed E-state index contributed by atoms with van der Waals surface area (Å²) in [6.07, 6.45) is 5.44. The second-order valence-electron chi connectivity index (χ2n) is 5.48. The van der Waals surface area contributed by atoms with E-state index in [0.717, 1.165) is 36.8 Å². The first-order valence-corrected chi connectivity index (χ1v) is 7.11. The van der Waals surface area contributed by atoms with Crippen LogP contribution >= 0.6 is 0 Å². The van der Waals surface area contributed by atoms with Crippen LogP contribution in [0.4, 0.5) is 0 Å². The Bertz CT molecular complexity index is 551. The zero-order chi connectivity index (χ0) is 13.1. The van der Waals surface area contributed by atoms with Gasteiger partial charge in [-0.05, 0) is 37.1 Å². The number of benzene rings is 2. The molecule has 3 rings (SSSR count). The minimum Gasteiger partial charge on any atom is -0.484 e. The van der Waals surface area contributed by atoms with Crippen LogP contribution in [-0.4, -0.2) is 17.3 Å². The van der Waals surface area contributed by atoms with Gasteiger partial charge >= 0.3 is 0 Å². The van der Waals surface area contributed by atoms with Crippen molar-refractivity contribution < 1.29 is 9.84 Å². The van der Waals surface area contributed by atoms with Crippen molar-refractivity contribution in [3.8, 4) is 5.75 Å². The summed E-state index contributed by atoms with van der Waals surface area (Å²) in [5.74, 6) is 0.897. The number of ether oxygens (including phenoxy) is 1. The van der Waals surface area contributed by atoms with Gasteiger partial charge in [-0.15, -0.1) is 0 Å². The smallest absolute Gasteiger partial charge is 0.132 e. The molecular weight excluding hydrogens is 236 g/mol. The molecule has 0 aromatic heterocycles. The van der Waals surface area contributed by atoms with E-state index < -0.39 is 0 Å². The summed E-state index contributed by atoms with van der Waals surface area (Å²) in [6, 6.07) is 14.4. The van der Waals surface area contributed by atoms with Crippen molar-refractivity contribution in [3.63, 3.8) is 0 Å². The minimum atomic E-state index is -0.373. The van der Waals surface area contributed by atoms with E-state index in [-0.39, 0.29) is 12.2 Å². The van der Waals surface area contributed by atoms with Crippen molar-refractivity contribution in [3.05, 3.63) is 42.5 Å². The Morgan fingerprint density at radius 1 is 0.947 bits per heavy atom. The molecule has 2 nitrogen and oxygen atoms in total. The van der Waals surface area contributed by atoms with Crippen LogP contribution in [0.2, 0.25) is 0 Å². The summed E-state index contributed by atoms with van der Waals surface area (Å²) in [5, 5.41) is 12.1. The summed E-state index contributed by atoms with van der Waals surface area (Å²) in [4.78, 5) is 0. The lowest BCUT2D eigenvalue weighted by molar-refractivity contribution is -0.0187.